The van der Waals surface area contributed by atoms with E-state index in [0.29, 0.717) is 0 Å². The Morgan fingerprint density at radius 1 is 1.45 bits per heavy atom. The minimum atomic E-state index is 0.206. The molecule has 1 aliphatic heterocycles. The summed E-state index contributed by atoms with van der Waals surface area (Å²) in [6, 6.07) is 0. The van der Waals surface area contributed by atoms with Gasteiger partial charge in [0, 0.05) is 30.1 Å². The predicted molar refractivity (Wildman–Crippen MR) is 85.7 cm³/mol. The lowest BCUT2D eigenvalue weighted by atomic mass is 9.79. The highest BCUT2D eigenvalue weighted by Crippen LogP contribution is 2.37. The monoisotopic (exact) mass is 291 g/mol. The molecule has 3 heterocycles. The molecule has 20 heavy (non-hydrogen) atoms. The molecule has 0 saturated carbocycles. The average molecular weight is 291 g/mol. The van der Waals surface area contributed by atoms with E-state index in [1.807, 2.05) is 11.3 Å². The highest BCUT2D eigenvalue weighted by atomic mass is 32.1. The molecule has 2 aromatic heterocycles. The third-order valence-electron chi connectivity index (χ3n) is 4.40. The highest BCUT2D eigenvalue weighted by Gasteiger charge is 2.36. The smallest absolute Gasteiger partial charge is 0.123 e. The molecule has 0 spiro atoms. The first-order valence-corrected chi connectivity index (χ1v) is 8.52. The van der Waals surface area contributed by atoms with Crippen molar-refractivity contribution in [1.29, 1.82) is 0 Å². The predicted octanol–water partition coefficient (Wildman–Crippen LogP) is 3.71. The fraction of sp³-hybridized carbons (Fsp3) is 0.688. The molecular weight excluding hydrogens is 266 g/mol. The number of fused-ring (bicyclic) bond motifs is 1. The minimum absolute atomic E-state index is 0.206. The van der Waals surface area contributed by atoms with Crippen molar-refractivity contribution in [2.75, 3.05) is 19.6 Å². The second-order valence-electron chi connectivity index (χ2n) is 6.88. The number of rotatable bonds is 3. The zero-order valence-electron chi connectivity index (χ0n) is 13.0. The van der Waals surface area contributed by atoms with Crippen LogP contribution in [0.1, 0.15) is 45.1 Å². The summed E-state index contributed by atoms with van der Waals surface area (Å²) >= 11 is 1.82. The van der Waals surface area contributed by atoms with E-state index in [0.717, 1.165) is 18.3 Å². The second-order valence-corrected chi connectivity index (χ2v) is 7.77. The molecule has 1 atom stereocenters. The number of aryl methyl sites for hydroxylation is 1. The molecule has 0 aromatic carbocycles. The van der Waals surface area contributed by atoms with Crippen LogP contribution < -0.4 is 0 Å². The molecule has 1 fully saturated rings. The molecule has 110 valence electrons. The molecule has 3 rings (SSSR count). The molecule has 2 aromatic rings. The number of hydrogen-bond acceptors (Lipinski definition) is 3. The van der Waals surface area contributed by atoms with E-state index in [-0.39, 0.29) is 5.41 Å². The van der Waals surface area contributed by atoms with Gasteiger partial charge in [0.25, 0.3) is 0 Å². The van der Waals surface area contributed by atoms with Crippen LogP contribution >= 0.6 is 11.3 Å². The van der Waals surface area contributed by atoms with E-state index in [1.54, 1.807) is 0 Å². The van der Waals surface area contributed by atoms with Crippen molar-refractivity contribution in [3.63, 3.8) is 0 Å². The van der Waals surface area contributed by atoms with Crippen LogP contribution in [0, 0.1) is 12.8 Å². The van der Waals surface area contributed by atoms with E-state index in [9.17, 15) is 0 Å². The van der Waals surface area contributed by atoms with Crippen molar-refractivity contribution < 1.29 is 0 Å². The summed E-state index contributed by atoms with van der Waals surface area (Å²) in [6.07, 6.45) is 4.68. The third-order valence-corrected chi connectivity index (χ3v) is 5.27. The van der Waals surface area contributed by atoms with E-state index >= 15 is 0 Å². The van der Waals surface area contributed by atoms with Crippen molar-refractivity contribution in [1.82, 2.24) is 14.3 Å². The summed E-state index contributed by atoms with van der Waals surface area (Å²) in [6.45, 7) is 12.7. The van der Waals surface area contributed by atoms with E-state index in [2.05, 4.69) is 48.6 Å². The second kappa shape index (κ2) is 5.15. The highest BCUT2D eigenvalue weighted by molar-refractivity contribution is 7.15. The largest absolute Gasteiger partial charge is 0.302 e. The fourth-order valence-corrected chi connectivity index (χ4v) is 4.59. The molecule has 0 unspecified atom stereocenters. The minimum Gasteiger partial charge on any atom is -0.302 e. The van der Waals surface area contributed by atoms with Crippen molar-refractivity contribution in [2.24, 2.45) is 5.92 Å². The molecule has 0 radical (unpaired) electrons. The van der Waals surface area contributed by atoms with Gasteiger partial charge in [0.2, 0.25) is 0 Å². The fourth-order valence-electron chi connectivity index (χ4n) is 3.57. The Bertz CT molecular complexity index is 598. The molecule has 3 nitrogen and oxygen atoms in total. The first-order chi connectivity index (χ1) is 9.49. The van der Waals surface area contributed by atoms with Crippen LogP contribution in [-0.4, -0.2) is 33.9 Å². The molecule has 0 amide bonds. The van der Waals surface area contributed by atoms with Gasteiger partial charge in [-0.1, -0.05) is 20.8 Å². The number of imidazole rings is 1. The Labute approximate surface area is 125 Å². The summed E-state index contributed by atoms with van der Waals surface area (Å²) in [4.78, 5) is 8.88. The van der Waals surface area contributed by atoms with Gasteiger partial charge < -0.3 is 4.90 Å². The van der Waals surface area contributed by atoms with Gasteiger partial charge >= 0.3 is 0 Å². The van der Waals surface area contributed by atoms with Crippen molar-refractivity contribution in [3.05, 3.63) is 23.1 Å². The lowest BCUT2D eigenvalue weighted by molar-refractivity contribution is 0.141. The molecule has 0 N–H and O–H groups in total. The van der Waals surface area contributed by atoms with Crippen LogP contribution in [0.15, 0.2) is 11.6 Å². The zero-order chi connectivity index (χ0) is 14.3. The Morgan fingerprint density at radius 3 is 3.00 bits per heavy atom. The van der Waals surface area contributed by atoms with Gasteiger partial charge in [-0.2, -0.15) is 0 Å². The summed E-state index contributed by atoms with van der Waals surface area (Å²) in [7, 11) is 0. The van der Waals surface area contributed by atoms with Crippen LogP contribution in [-0.2, 0) is 5.41 Å². The zero-order valence-corrected chi connectivity index (χ0v) is 13.8. The van der Waals surface area contributed by atoms with Gasteiger partial charge in [-0.3, -0.25) is 4.40 Å². The molecule has 0 bridgehead atoms. The Balaban J connectivity index is 1.92. The van der Waals surface area contributed by atoms with Crippen molar-refractivity contribution in [2.45, 2.75) is 46.0 Å². The van der Waals surface area contributed by atoms with E-state index < -0.39 is 0 Å². The maximum atomic E-state index is 4.91. The molecule has 0 aliphatic carbocycles. The number of nitrogens with zero attached hydrogens (tertiary/aromatic N) is 3. The standard InChI is InChI=1S/C16H25N3S/c1-12(2)10-18-7-5-6-16(4,11-18)14-15-19(8-9-20-15)13(3)17-14/h8-9,12H,5-7,10-11H2,1-4H3/t16-/m1/s1. The summed E-state index contributed by atoms with van der Waals surface area (Å²) in [5.74, 6) is 1.86. The molecule has 4 heteroatoms. The maximum Gasteiger partial charge on any atom is 0.123 e. The van der Waals surface area contributed by atoms with Crippen molar-refractivity contribution >= 4 is 16.2 Å². The first-order valence-electron chi connectivity index (χ1n) is 7.64. The van der Waals surface area contributed by atoms with Crippen molar-refractivity contribution in [3.8, 4) is 0 Å². The van der Waals surface area contributed by atoms with Gasteiger partial charge in [-0.05, 0) is 32.2 Å². The lowest BCUT2D eigenvalue weighted by Crippen LogP contribution is -2.45. The topological polar surface area (TPSA) is 20.5 Å². The summed E-state index contributed by atoms with van der Waals surface area (Å²) in [5, 5.41) is 2.17. The molecule has 1 saturated heterocycles. The van der Waals surface area contributed by atoms with Crippen LogP contribution in [0.5, 0.6) is 0 Å². The van der Waals surface area contributed by atoms with Gasteiger partial charge in [0.1, 0.15) is 10.7 Å². The Kier molecular flexibility index (Phi) is 3.63. The lowest BCUT2D eigenvalue weighted by Gasteiger charge is -2.40. The van der Waals surface area contributed by atoms with Gasteiger partial charge in [-0.25, -0.2) is 4.98 Å². The van der Waals surface area contributed by atoms with Crippen LogP contribution in [0.25, 0.3) is 4.83 Å². The van der Waals surface area contributed by atoms with E-state index in [4.69, 9.17) is 4.98 Å². The third kappa shape index (κ3) is 2.40. The van der Waals surface area contributed by atoms with E-state index in [1.165, 1.54) is 36.5 Å². The number of likely N-dealkylation sites (tertiary alicyclic amines) is 1. The molecule has 1 aliphatic rings. The van der Waals surface area contributed by atoms with Gasteiger partial charge in [0.05, 0.1) is 5.69 Å². The number of piperidine rings is 1. The summed E-state index contributed by atoms with van der Waals surface area (Å²) < 4.78 is 2.24. The van der Waals surface area contributed by atoms with Crippen LogP contribution in [0.2, 0.25) is 0 Å². The Hall–Kier alpha value is -0.870. The first kappa shape index (κ1) is 14.1. The number of aromatic nitrogens is 2. The molecular formula is C16H25N3S. The Morgan fingerprint density at radius 2 is 2.25 bits per heavy atom. The number of hydrogen-bond donors (Lipinski definition) is 0. The van der Waals surface area contributed by atoms with Gasteiger partial charge in [0.15, 0.2) is 0 Å². The number of thiazole rings is 1. The summed E-state index contributed by atoms with van der Waals surface area (Å²) in [5.41, 5.74) is 1.52. The average Bonchev–Trinajstić information content (AvgIpc) is 2.93. The normalized spacial score (nSPS) is 24.9. The van der Waals surface area contributed by atoms with Crippen LogP contribution in [0.4, 0.5) is 0 Å². The van der Waals surface area contributed by atoms with Gasteiger partial charge in [-0.15, -0.1) is 11.3 Å². The maximum absolute atomic E-state index is 4.91. The SMILES string of the molecule is Cc1nc([C@]2(C)CCCN(CC(C)C)C2)c2sccn12. The van der Waals surface area contributed by atoms with Crippen LogP contribution in [0.3, 0.4) is 0 Å². The quantitative estimate of drug-likeness (QED) is 0.859.